The van der Waals surface area contributed by atoms with Gasteiger partial charge in [0.05, 0.1) is 6.61 Å². The van der Waals surface area contributed by atoms with E-state index in [4.69, 9.17) is 4.74 Å². The lowest BCUT2D eigenvalue weighted by molar-refractivity contribution is 0.184. The summed E-state index contributed by atoms with van der Waals surface area (Å²) in [5.74, 6) is 2.25. The molecule has 2 atom stereocenters. The van der Waals surface area contributed by atoms with E-state index in [2.05, 4.69) is 43.4 Å². The van der Waals surface area contributed by atoms with Crippen LogP contribution in [0.15, 0.2) is 24.3 Å². The molecule has 1 aliphatic heterocycles. The maximum atomic E-state index is 5.25. The topological polar surface area (TPSA) is 21.3 Å². The van der Waals surface area contributed by atoms with Crippen LogP contribution in [0.4, 0.5) is 0 Å². The van der Waals surface area contributed by atoms with Gasteiger partial charge >= 0.3 is 0 Å². The molecule has 0 saturated carbocycles. The number of ether oxygens (including phenoxy) is 1. The second kappa shape index (κ2) is 7.06. The minimum Gasteiger partial charge on any atom is -0.380 e. The fourth-order valence-corrected chi connectivity index (χ4v) is 3.30. The first kappa shape index (κ1) is 14.5. The molecule has 1 saturated heterocycles. The van der Waals surface area contributed by atoms with E-state index in [1.165, 1.54) is 24.0 Å². The molecule has 0 bridgehead atoms. The molecule has 1 aliphatic rings. The van der Waals surface area contributed by atoms with Crippen molar-refractivity contribution < 1.29 is 4.74 Å². The van der Waals surface area contributed by atoms with Crippen LogP contribution in [0.2, 0.25) is 0 Å². The SMILES string of the molecule is COCc1cccc(C2CCNCC2CC(C)C)c1. The zero-order chi connectivity index (χ0) is 13.7. The molecule has 1 heterocycles. The lowest BCUT2D eigenvalue weighted by Crippen LogP contribution is -2.36. The van der Waals surface area contributed by atoms with Crippen molar-refractivity contribution in [1.82, 2.24) is 5.32 Å². The summed E-state index contributed by atoms with van der Waals surface area (Å²) in [6.07, 6.45) is 2.57. The van der Waals surface area contributed by atoms with E-state index >= 15 is 0 Å². The van der Waals surface area contributed by atoms with E-state index < -0.39 is 0 Å². The fraction of sp³-hybridized carbons (Fsp3) is 0.647. The van der Waals surface area contributed by atoms with Crippen molar-refractivity contribution in [3.63, 3.8) is 0 Å². The van der Waals surface area contributed by atoms with Crippen LogP contribution >= 0.6 is 0 Å². The van der Waals surface area contributed by atoms with Gasteiger partial charge in [-0.15, -0.1) is 0 Å². The molecule has 19 heavy (non-hydrogen) atoms. The zero-order valence-corrected chi connectivity index (χ0v) is 12.5. The molecule has 0 aliphatic carbocycles. The maximum Gasteiger partial charge on any atom is 0.0713 e. The van der Waals surface area contributed by atoms with Crippen molar-refractivity contribution in [3.8, 4) is 0 Å². The number of hydrogen-bond donors (Lipinski definition) is 1. The van der Waals surface area contributed by atoms with E-state index in [0.717, 1.165) is 24.9 Å². The molecule has 106 valence electrons. The van der Waals surface area contributed by atoms with Crippen molar-refractivity contribution in [2.75, 3.05) is 20.2 Å². The van der Waals surface area contributed by atoms with Crippen LogP contribution in [0.3, 0.4) is 0 Å². The first-order valence-electron chi connectivity index (χ1n) is 7.49. The third kappa shape index (κ3) is 4.05. The number of hydrogen-bond acceptors (Lipinski definition) is 2. The molecule has 0 spiro atoms. The summed E-state index contributed by atoms with van der Waals surface area (Å²) in [5, 5.41) is 3.56. The van der Waals surface area contributed by atoms with Gasteiger partial charge in [-0.1, -0.05) is 38.1 Å². The third-order valence-corrected chi connectivity index (χ3v) is 4.07. The lowest BCUT2D eigenvalue weighted by atomic mass is 9.77. The standard InChI is InChI=1S/C17H27NO/c1-13(2)9-16-11-18-8-7-17(16)15-6-4-5-14(10-15)12-19-3/h4-6,10,13,16-18H,7-9,11-12H2,1-3H3. The highest BCUT2D eigenvalue weighted by atomic mass is 16.5. The minimum atomic E-state index is 0.709. The summed E-state index contributed by atoms with van der Waals surface area (Å²) in [7, 11) is 1.76. The molecular formula is C17H27NO. The van der Waals surface area contributed by atoms with Crippen LogP contribution in [0.1, 0.15) is 43.7 Å². The monoisotopic (exact) mass is 261 g/mol. The first-order chi connectivity index (χ1) is 9.20. The Labute approximate surface area is 117 Å². The van der Waals surface area contributed by atoms with E-state index in [1.807, 2.05) is 0 Å². The van der Waals surface area contributed by atoms with Gasteiger partial charge in [-0.3, -0.25) is 0 Å². The van der Waals surface area contributed by atoms with Gasteiger partial charge in [0.25, 0.3) is 0 Å². The Morgan fingerprint density at radius 1 is 1.37 bits per heavy atom. The molecule has 1 fully saturated rings. The Hall–Kier alpha value is -0.860. The summed E-state index contributed by atoms with van der Waals surface area (Å²) in [5.41, 5.74) is 2.79. The highest BCUT2D eigenvalue weighted by molar-refractivity contribution is 5.27. The summed E-state index contributed by atoms with van der Waals surface area (Å²) in [6.45, 7) is 7.68. The lowest BCUT2D eigenvalue weighted by Gasteiger charge is -2.34. The van der Waals surface area contributed by atoms with Gasteiger partial charge in [0, 0.05) is 7.11 Å². The second-order valence-electron chi connectivity index (χ2n) is 6.17. The summed E-state index contributed by atoms with van der Waals surface area (Å²) < 4.78 is 5.25. The van der Waals surface area contributed by atoms with E-state index in [9.17, 15) is 0 Å². The highest BCUT2D eigenvalue weighted by Crippen LogP contribution is 2.34. The summed E-state index contributed by atoms with van der Waals surface area (Å²) in [4.78, 5) is 0. The van der Waals surface area contributed by atoms with Crippen molar-refractivity contribution in [3.05, 3.63) is 35.4 Å². The molecule has 1 aromatic carbocycles. The van der Waals surface area contributed by atoms with Gasteiger partial charge in [-0.2, -0.15) is 0 Å². The van der Waals surface area contributed by atoms with E-state index in [-0.39, 0.29) is 0 Å². The van der Waals surface area contributed by atoms with E-state index in [0.29, 0.717) is 12.5 Å². The molecule has 0 amide bonds. The van der Waals surface area contributed by atoms with Crippen LogP contribution in [0.5, 0.6) is 0 Å². The Morgan fingerprint density at radius 2 is 2.21 bits per heavy atom. The molecule has 1 aromatic rings. The number of piperidine rings is 1. The zero-order valence-electron chi connectivity index (χ0n) is 12.5. The minimum absolute atomic E-state index is 0.709. The third-order valence-electron chi connectivity index (χ3n) is 4.07. The molecule has 2 rings (SSSR count). The normalized spacial score (nSPS) is 23.8. The van der Waals surface area contributed by atoms with Gasteiger partial charge < -0.3 is 10.1 Å². The molecule has 0 radical (unpaired) electrons. The van der Waals surface area contributed by atoms with Crippen molar-refractivity contribution >= 4 is 0 Å². The van der Waals surface area contributed by atoms with Gasteiger partial charge in [0.2, 0.25) is 0 Å². The van der Waals surface area contributed by atoms with Crippen molar-refractivity contribution in [2.24, 2.45) is 11.8 Å². The quantitative estimate of drug-likeness (QED) is 0.875. The molecular weight excluding hydrogens is 234 g/mol. The largest absolute Gasteiger partial charge is 0.380 e. The number of benzene rings is 1. The van der Waals surface area contributed by atoms with Crippen molar-refractivity contribution in [2.45, 2.75) is 39.2 Å². The predicted molar refractivity (Wildman–Crippen MR) is 80.3 cm³/mol. The Bertz CT molecular complexity index is 389. The van der Waals surface area contributed by atoms with Crippen LogP contribution < -0.4 is 5.32 Å². The van der Waals surface area contributed by atoms with Gasteiger partial charge in [-0.25, -0.2) is 0 Å². The van der Waals surface area contributed by atoms with E-state index in [1.54, 1.807) is 7.11 Å². The molecule has 2 nitrogen and oxygen atoms in total. The van der Waals surface area contributed by atoms with Crippen LogP contribution in [0, 0.1) is 11.8 Å². The van der Waals surface area contributed by atoms with Gasteiger partial charge in [0.15, 0.2) is 0 Å². The highest BCUT2D eigenvalue weighted by Gasteiger charge is 2.26. The Balaban J connectivity index is 2.14. The number of nitrogens with one attached hydrogen (secondary N) is 1. The molecule has 2 unspecified atom stereocenters. The average Bonchev–Trinajstić information content (AvgIpc) is 2.39. The predicted octanol–water partition coefficient (Wildman–Crippen LogP) is 3.57. The maximum absolute atomic E-state index is 5.25. The van der Waals surface area contributed by atoms with Crippen molar-refractivity contribution in [1.29, 1.82) is 0 Å². The number of methoxy groups -OCH3 is 1. The Morgan fingerprint density at radius 3 is 2.95 bits per heavy atom. The first-order valence-corrected chi connectivity index (χ1v) is 7.49. The van der Waals surface area contributed by atoms with Crippen LogP contribution in [-0.2, 0) is 11.3 Å². The number of rotatable bonds is 5. The van der Waals surface area contributed by atoms with Gasteiger partial charge in [0.1, 0.15) is 0 Å². The van der Waals surface area contributed by atoms with Crippen LogP contribution in [0.25, 0.3) is 0 Å². The second-order valence-corrected chi connectivity index (χ2v) is 6.17. The van der Waals surface area contributed by atoms with Gasteiger partial charge in [-0.05, 0) is 54.8 Å². The summed E-state index contributed by atoms with van der Waals surface area (Å²) >= 11 is 0. The molecule has 2 heteroatoms. The molecule has 1 N–H and O–H groups in total. The molecule has 0 aromatic heterocycles. The average molecular weight is 261 g/mol. The fourth-order valence-electron chi connectivity index (χ4n) is 3.30. The smallest absolute Gasteiger partial charge is 0.0713 e. The van der Waals surface area contributed by atoms with Crippen LogP contribution in [-0.4, -0.2) is 20.2 Å². The summed E-state index contributed by atoms with van der Waals surface area (Å²) in [6, 6.07) is 8.97. The Kier molecular flexibility index (Phi) is 5.41.